The van der Waals surface area contributed by atoms with Crippen LogP contribution in [0.1, 0.15) is 113 Å². The summed E-state index contributed by atoms with van der Waals surface area (Å²) in [5.74, 6) is 2.60. The van der Waals surface area contributed by atoms with Gasteiger partial charge in [0.2, 0.25) is 5.24 Å². The Morgan fingerprint density at radius 2 is 1.17 bits per heavy atom. The number of Topliss-reactive ketones (excluding diaryl/α,β-unsaturated/α-hetero) is 1. The number of ketones is 1. The van der Waals surface area contributed by atoms with Gasteiger partial charge in [0.25, 0.3) is 0 Å². The molecule has 0 aliphatic rings. The molecule has 0 saturated heterocycles. The van der Waals surface area contributed by atoms with Gasteiger partial charge in [-0.05, 0) is 69.1 Å². The van der Waals surface area contributed by atoms with Crippen LogP contribution in [-0.4, -0.2) is 53.6 Å². The quantitative estimate of drug-likeness (QED) is 0.181. The molecule has 216 valence electrons. The van der Waals surface area contributed by atoms with Gasteiger partial charge in [-0.3, -0.25) is 9.59 Å². The van der Waals surface area contributed by atoms with Crippen LogP contribution < -0.4 is 18.1 Å². The summed E-state index contributed by atoms with van der Waals surface area (Å²) in [6.07, 6.45) is 10.2. The third kappa shape index (κ3) is 36.8. The van der Waals surface area contributed by atoms with Crippen molar-refractivity contribution in [2.45, 2.75) is 113 Å². The summed E-state index contributed by atoms with van der Waals surface area (Å²) in [6, 6.07) is 0. The first-order valence-corrected chi connectivity index (χ1v) is 15.3. The van der Waals surface area contributed by atoms with Crippen LogP contribution in [-0.2, 0) is 9.59 Å². The molecular weight excluding hydrogens is 519 g/mol. The van der Waals surface area contributed by atoms with Gasteiger partial charge in [0.1, 0.15) is 5.78 Å². The molecule has 0 fully saturated rings. The minimum Gasteiger partial charge on any atom is -1.00 e. The van der Waals surface area contributed by atoms with Crippen molar-refractivity contribution in [1.82, 2.24) is 4.90 Å². The van der Waals surface area contributed by atoms with E-state index >= 15 is 0 Å². The summed E-state index contributed by atoms with van der Waals surface area (Å²) in [4.78, 5) is 24.6. The van der Waals surface area contributed by atoms with E-state index in [1.807, 2.05) is 6.92 Å². The third-order valence-electron chi connectivity index (χ3n) is 5.66. The number of carbonyl (C=O) groups excluding carboxylic acids is 2. The van der Waals surface area contributed by atoms with Crippen molar-refractivity contribution in [3.05, 3.63) is 0 Å². The van der Waals surface area contributed by atoms with Crippen molar-refractivity contribution in [3.8, 4) is 0 Å². The van der Waals surface area contributed by atoms with E-state index in [0.29, 0.717) is 11.7 Å². The van der Waals surface area contributed by atoms with Crippen molar-refractivity contribution >= 4 is 47.9 Å². The molecule has 0 aromatic heterocycles. The fraction of sp³-hybridized carbons (Fsp3) is 0.926. The zero-order chi connectivity index (χ0) is 27.2. The lowest BCUT2D eigenvalue weighted by atomic mass is 9.92. The zero-order valence-electron chi connectivity index (χ0n) is 24.1. The summed E-state index contributed by atoms with van der Waals surface area (Å²) in [6.45, 7) is 19.5. The second-order valence-corrected chi connectivity index (χ2v) is 9.56. The Kier molecular flexibility index (Phi) is 50.7. The van der Waals surface area contributed by atoms with E-state index in [-0.39, 0.29) is 23.6 Å². The predicted octanol–water partition coefficient (Wildman–Crippen LogP) is 3.96. The number of thiol groups is 2. The molecule has 0 aliphatic carbocycles. The Balaban J connectivity index is -0.000000122. The summed E-state index contributed by atoms with van der Waals surface area (Å²) in [7, 11) is 0. The molecule has 0 spiro atoms. The lowest BCUT2D eigenvalue weighted by Gasteiger charge is -2.13. The third-order valence-corrected chi connectivity index (χ3v) is 6.60. The van der Waals surface area contributed by atoms with Crippen molar-refractivity contribution in [1.29, 1.82) is 0 Å². The van der Waals surface area contributed by atoms with Crippen molar-refractivity contribution in [2.24, 2.45) is 11.8 Å². The Morgan fingerprint density at radius 3 is 1.40 bits per heavy atom. The normalized spacial score (nSPS) is 11.4. The van der Waals surface area contributed by atoms with E-state index in [9.17, 15) is 9.59 Å². The van der Waals surface area contributed by atoms with Crippen LogP contribution in [0, 0.1) is 11.8 Å². The van der Waals surface area contributed by atoms with Gasteiger partial charge in [0.05, 0.1) is 6.54 Å². The molecule has 0 amide bonds. The fourth-order valence-corrected chi connectivity index (χ4v) is 3.52. The standard InChI is InChI=1S/C11H22OS.C8H15ClO.C6H15N.C2H7NS.ClH/c1-3-5-7-10(4-2)11(12)8-6-9-13;1-3-5-6-7(4-2)8(9)10;1-4-7(5-2)6-3;3-1-2-4;/h10,13H,3-9H2,1-2H3;7H,3-6H2,1-2H3;4-6H2,1-3H3;4H,1-3H2;1H. The fourth-order valence-electron chi connectivity index (χ4n) is 3.10. The van der Waals surface area contributed by atoms with E-state index in [1.54, 1.807) is 0 Å². The highest BCUT2D eigenvalue weighted by Gasteiger charge is 2.14. The summed E-state index contributed by atoms with van der Waals surface area (Å²) in [5.41, 5.74) is 3.53. The average molecular weight is 580 g/mol. The number of halogens is 2. The van der Waals surface area contributed by atoms with Crippen LogP contribution >= 0.6 is 36.9 Å². The predicted molar refractivity (Wildman–Crippen MR) is 161 cm³/mol. The topological polar surface area (TPSA) is 65.0 Å². The molecule has 0 aromatic rings. The van der Waals surface area contributed by atoms with Crippen LogP contribution in [0.2, 0.25) is 0 Å². The Hall–Kier alpha value is 0.540. The van der Waals surface area contributed by atoms with Crippen LogP contribution in [0.5, 0.6) is 0 Å². The highest BCUT2D eigenvalue weighted by molar-refractivity contribution is 7.80. The Bertz CT molecular complexity index is 409. The molecule has 0 bridgehead atoms. The monoisotopic (exact) mass is 578 g/mol. The number of quaternary nitrogens is 1. The molecule has 0 aliphatic heterocycles. The van der Waals surface area contributed by atoms with Crippen molar-refractivity contribution < 1.29 is 27.7 Å². The lowest BCUT2D eigenvalue weighted by Crippen LogP contribution is -3.00. The Morgan fingerprint density at radius 1 is 0.771 bits per heavy atom. The summed E-state index contributed by atoms with van der Waals surface area (Å²) < 4.78 is 0. The maximum absolute atomic E-state index is 11.6. The number of unbranched alkanes of at least 4 members (excludes halogenated alkanes) is 2. The molecule has 0 saturated carbocycles. The molecule has 8 heteroatoms. The van der Waals surface area contributed by atoms with E-state index in [1.165, 1.54) is 32.5 Å². The maximum atomic E-state index is 11.6. The summed E-state index contributed by atoms with van der Waals surface area (Å²) >= 11 is 13.3. The molecule has 35 heavy (non-hydrogen) atoms. The molecule has 0 rings (SSSR count). The van der Waals surface area contributed by atoms with Crippen LogP contribution in [0.15, 0.2) is 0 Å². The molecule has 0 aromatic carbocycles. The van der Waals surface area contributed by atoms with E-state index < -0.39 is 0 Å². The SMILES string of the molecule is CCCCC(CC)C(=O)CCCS.CCCCC(CC)C(=O)Cl.CCN(CC)CC.[Cl-].[NH3+]CCS. The molecule has 0 heterocycles. The lowest BCUT2D eigenvalue weighted by molar-refractivity contribution is -0.360. The number of hydrogen-bond donors (Lipinski definition) is 3. The molecule has 0 radical (unpaired) electrons. The van der Waals surface area contributed by atoms with Gasteiger partial charge in [0, 0.05) is 24.0 Å². The van der Waals surface area contributed by atoms with Crippen molar-refractivity contribution in [3.63, 3.8) is 0 Å². The van der Waals surface area contributed by atoms with Crippen LogP contribution in [0.25, 0.3) is 0 Å². The molecule has 4 nitrogen and oxygen atoms in total. The summed E-state index contributed by atoms with van der Waals surface area (Å²) in [5, 5.41) is -0.170. The second kappa shape index (κ2) is 39.1. The zero-order valence-corrected chi connectivity index (χ0v) is 27.4. The molecule has 3 N–H and O–H groups in total. The van der Waals surface area contributed by atoms with Gasteiger partial charge in [-0.25, -0.2) is 0 Å². The highest BCUT2D eigenvalue weighted by Crippen LogP contribution is 2.16. The van der Waals surface area contributed by atoms with Gasteiger partial charge in [-0.1, -0.05) is 74.1 Å². The molecule has 2 unspecified atom stereocenters. The van der Waals surface area contributed by atoms with Gasteiger partial charge in [-0.15, -0.1) is 0 Å². The number of carbonyl (C=O) groups is 2. The number of nitrogens with zero attached hydrogens (tertiary/aromatic N) is 1. The first kappa shape index (κ1) is 45.5. The highest BCUT2D eigenvalue weighted by atomic mass is 35.5. The molecule has 2 atom stereocenters. The molecular formula is C27H60Cl2N2O2S2. The largest absolute Gasteiger partial charge is 1.00 e. The van der Waals surface area contributed by atoms with E-state index in [4.69, 9.17) is 11.6 Å². The first-order valence-electron chi connectivity index (χ1n) is 13.7. The first-order chi connectivity index (χ1) is 16.2. The second-order valence-electron chi connectivity index (χ2n) is 8.29. The van der Waals surface area contributed by atoms with Gasteiger partial charge in [0.15, 0.2) is 0 Å². The minimum absolute atomic E-state index is 0. The Labute approximate surface area is 241 Å². The average Bonchev–Trinajstić information content (AvgIpc) is 2.85. The van der Waals surface area contributed by atoms with Gasteiger partial charge in [-0.2, -0.15) is 25.3 Å². The number of rotatable bonds is 17. The van der Waals surface area contributed by atoms with Gasteiger partial charge < -0.3 is 23.0 Å². The van der Waals surface area contributed by atoms with E-state index in [2.05, 4.69) is 77.4 Å². The van der Waals surface area contributed by atoms with Crippen molar-refractivity contribution in [2.75, 3.05) is 37.7 Å². The minimum atomic E-state index is -0.170. The van der Waals surface area contributed by atoms with Gasteiger partial charge >= 0.3 is 0 Å². The van der Waals surface area contributed by atoms with Crippen LogP contribution in [0.4, 0.5) is 0 Å². The number of hydrogen-bond acceptors (Lipinski definition) is 5. The van der Waals surface area contributed by atoms with Crippen LogP contribution in [0.3, 0.4) is 0 Å². The smallest absolute Gasteiger partial charge is 0.224 e. The van der Waals surface area contributed by atoms with E-state index in [0.717, 1.165) is 69.4 Å². The maximum Gasteiger partial charge on any atom is 0.224 e.